The van der Waals surface area contributed by atoms with E-state index in [0.29, 0.717) is 18.3 Å². The number of hydrogen-bond acceptors (Lipinski definition) is 5. The number of nitrogens with zero attached hydrogens (tertiary/aromatic N) is 3. The summed E-state index contributed by atoms with van der Waals surface area (Å²) in [5, 5.41) is 0. The molecule has 0 bridgehead atoms. The van der Waals surface area contributed by atoms with Crippen LogP contribution in [0, 0.1) is 0 Å². The minimum Gasteiger partial charge on any atom is -0.477 e. The smallest absolute Gasteiger partial charge is 0.221 e. The highest BCUT2D eigenvalue weighted by molar-refractivity contribution is 5.44. The summed E-state index contributed by atoms with van der Waals surface area (Å²) >= 11 is 0. The minimum absolute atomic E-state index is 0.502. The third-order valence-corrected chi connectivity index (χ3v) is 2.89. The second-order valence-electron chi connectivity index (χ2n) is 4.20. The summed E-state index contributed by atoms with van der Waals surface area (Å²) in [6, 6.07) is 4.03. The maximum Gasteiger partial charge on any atom is 0.221 e. The van der Waals surface area contributed by atoms with Crippen molar-refractivity contribution in [2.75, 3.05) is 12.3 Å². The van der Waals surface area contributed by atoms with Gasteiger partial charge in [0.25, 0.3) is 0 Å². The number of nitrogens with two attached hydrogens (primary N) is 1. The first-order valence-corrected chi connectivity index (χ1v) is 6.42. The van der Waals surface area contributed by atoms with Gasteiger partial charge in [0.1, 0.15) is 12.1 Å². The molecule has 2 aromatic rings. The van der Waals surface area contributed by atoms with Gasteiger partial charge < -0.3 is 10.5 Å². The topological polar surface area (TPSA) is 73.9 Å². The van der Waals surface area contributed by atoms with Crippen molar-refractivity contribution in [3.8, 4) is 5.88 Å². The molecule has 19 heavy (non-hydrogen) atoms. The van der Waals surface area contributed by atoms with Crippen LogP contribution in [0.15, 0.2) is 30.9 Å². The summed E-state index contributed by atoms with van der Waals surface area (Å²) in [5.41, 5.74) is 7.93. The van der Waals surface area contributed by atoms with Gasteiger partial charge in [-0.05, 0) is 37.0 Å². The molecule has 2 aromatic heterocycles. The molecule has 5 nitrogen and oxygen atoms in total. The Bertz CT molecular complexity index is 516. The van der Waals surface area contributed by atoms with Crippen molar-refractivity contribution < 1.29 is 4.74 Å². The van der Waals surface area contributed by atoms with E-state index >= 15 is 0 Å². The first-order chi connectivity index (χ1) is 9.31. The van der Waals surface area contributed by atoms with E-state index in [0.717, 1.165) is 24.8 Å². The highest BCUT2D eigenvalue weighted by Crippen LogP contribution is 2.20. The summed E-state index contributed by atoms with van der Waals surface area (Å²) in [4.78, 5) is 12.1. The molecule has 0 saturated carbocycles. The van der Waals surface area contributed by atoms with Crippen LogP contribution in [-0.2, 0) is 12.8 Å². The second-order valence-corrected chi connectivity index (χ2v) is 4.20. The Kier molecular flexibility index (Phi) is 4.66. The largest absolute Gasteiger partial charge is 0.477 e. The molecule has 0 aliphatic rings. The average molecular weight is 258 g/mol. The monoisotopic (exact) mass is 258 g/mol. The number of rotatable bonds is 6. The highest BCUT2D eigenvalue weighted by atomic mass is 16.5. The lowest BCUT2D eigenvalue weighted by Gasteiger charge is -2.10. The lowest BCUT2D eigenvalue weighted by atomic mass is 10.1. The molecule has 0 spiro atoms. The molecule has 0 radical (unpaired) electrons. The van der Waals surface area contributed by atoms with Gasteiger partial charge in [-0.25, -0.2) is 9.97 Å². The molecule has 2 rings (SSSR count). The molecule has 0 saturated heterocycles. The number of anilines is 1. The molecule has 2 heterocycles. The maximum atomic E-state index is 5.79. The zero-order valence-electron chi connectivity index (χ0n) is 11.0. The van der Waals surface area contributed by atoms with Crippen LogP contribution in [0.3, 0.4) is 0 Å². The molecule has 0 aliphatic carbocycles. The molecule has 0 unspecified atom stereocenters. The standard InChI is InChI=1S/C14H18N4O/c1-2-12-13(15)17-10-18-14(12)19-9-3-4-11-5-7-16-8-6-11/h5-8,10H,2-4,9H2,1H3,(H2,15,17,18). The van der Waals surface area contributed by atoms with Crippen LogP contribution >= 0.6 is 0 Å². The third kappa shape index (κ3) is 3.64. The molecule has 2 N–H and O–H groups in total. The van der Waals surface area contributed by atoms with Crippen LogP contribution in [0.25, 0.3) is 0 Å². The van der Waals surface area contributed by atoms with Crippen molar-refractivity contribution in [1.82, 2.24) is 15.0 Å². The minimum atomic E-state index is 0.502. The van der Waals surface area contributed by atoms with Crippen LogP contribution in [0.1, 0.15) is 24.5 Å². The van der Waals surface area contributed by atoms with E-state index in [1.807, 2.05) is 19.1 Å². The maximum absolute atomic E-state index is 5.79. The highest BCUT2D eigenvalue weighted by Gasteiger charge is 2.07. The molecule has 0 atom stereocenters. The molecule has 0 aliphatic heterocycles. The Hall–Kier alpha value is -2.17. The summed E-state index contributed by atoms with van der Waals surface area (Å²) < 4.78 is 5.68. The average Bonchev–Trinajstić information content (AvgIpc) is 2.45. The van der Waals surface area contributed by atoms with Gasteiger partial charge in [-0.2, -0.15) is 0 Å². The van der Waals surface area contributed by atoms with Crippen LogP contribution in [0.4, 0.5) is 5.82 Å². The second kappa shape index (κ2) is 6.68. The number of aromatic nitrogens is 3. The van der Waals surface area contributed by atoms with E-state index < -0.39 is 0 Å². The first-order valence-electron chi connectivity index (χ1n) is 6.42. The SMILES string of the molecule is CCc1c(N)ncnc1OCCCc1ccncc1. The summed E-state index contributed by atoms with van der Waals surface area (Å²) in [6.07, 6.45) is 7.70. The van der Waals surface area contributed by atoms with Crippen LogP contribution in [-0.4, -0.2) is 21.6 Å². The van der Waals surface area contributed by atoms with E-state index in [1.165, 1.54) is 11.9 Å². The zero-order valence-corrected chi connectivity index (χ0v) is 11.0. The number of aryl methyl sites for hydroxylation is 1. The van der Waals surface area contributed by atoms with E-state index in [4.69, 9.17) is 10.5 Å². The van der Waals surface area contributed by atoms with Gasteiger partial charge in [-0.15, -0.1) is 0 Å². The van der Waals surface area contributed by atoms with Gasteiger partial charge in [0.15, 0.2) is 0 Å². The molecular weight excluding hydrogens is 240 g/mol. The van der Waals surface area contributed by atoms with Gasteiger partial charge in [0, 0.05) is 12.4 Å². The predicted molar refractivity (Wildman–Crippen MR) is 73.9 cm³/mol. The third-order valence-electron chi connectivity index (χ3n) is 2.89. The molecule has 5 heteroatoms. The van der Waals surface area contributed by atoms with Gasteiger partial charge in [-0.1, -0.05) is 6.92 Å². The fourth-order valence-corrected chi connectivity index (χ4v) is 1.86. The Morgan fingerprint density at radius 2 is 2.00 bits per heavy atom. The Balaban J connectivity index is 1.85. The Labute approximate surface area is 112 Å². The quantitative estimate of drug-likeness (QED) is 0.802. The lowest BCUT2D eigenvalue weighted by molar-refractivity contribution is 0.296. The Morgan fingerprint density at radius 3 is 2.74 bits per heavy atom. The number of nitrogen functional groups attached to an aromatic ring is 1. The van der Waals surface area contributed by atoms with Crippen molar-refractivity contribution in [1.29, 1.82) is 0 Å². The Morgan fingerprint density at radius 1 is 1.21 bits per heavy atom. The van der Waals surface area contributed by atoms with Crippen LogP contribution < -0.4 is 10.5 Å². The fourth-order valence-electron chi connectivity index (χ4n) is 1.86. The van der Waals surface area contributed by atoms with E-state index in [-0.39, 0.29) is 0 Å². The van der Waals surface area contributed by atoms with Crippen molar-refractivity contribution in [2.45, 2.75) is 26.2 Å². The lowest BCUT2D eigenvalue weighted by Crippen LogP contribution is -2.06. The summed E-state index contributed by atoms with van der Waals surface area (Å²) in [5.74, 6) is 1.10. The van der Waals surface area contributed by atoms with Crippen molar-refractivity contribution in [2.24, 2.45) is 0 Å². The van der Waals surface area contributed by atoms with E-state index in [9.17, 15) is 0 Å². The molecule has 100 valence electrons. The van der Waals surface area contributed by atoms with Gasteiger partial charge in [0.2, 0.25) is 5.88 Å². The van der Waals surface area contributed by atoms with Crippen molar-refractivity contribution >= 4 is 5.82 Å². The normalized spacial score (nSPS) is 10.4. The number of ether oxygens (including phenoxy) is 1. The summed E-state index contributed by atoms with van der Waals surface area (Å²) in [7, 11) is 0. The zero-order chi connectivity index (χ0) is 13.5. The van der Waals surface area contributed by atoms with Crippen molar-refractivity contribution in [3.63, 3.8) is 0 Å². The summed E-state index contributed by atoms with van der Waals surface area (Å²) in [6.45, 7) is 2.63. The van der Waals surface area contributed by atoms with Crippen LogP contribution in [0.5, 0.6) is 5.88 Å². The van der Waals surface area contributed by atoms with Gasteiger partial charge in [-0.3, -0.25) is 4.98 Å². The van der Waals surface area contributed by atoms with Crippen LogP contribution in [0.2, 0.25) is 0 Å². The number of pyridine rings is 1. The predicted octanol–water partition coefficient (Wildman–Crippen LogP) is 2.03. The number of hydrogen-bond donors (Lipinski definition) is 1. The fraction of sp³-hybridized carbons (Fsp3) is 0.357. The molecule has 0 amide bonds. The molecule has 0 aromatic carbocycles. The molecular formula is C14H18N4O. The van der Waals surface area contributed by atoms with Gasteiger partial charge in [0.05, 0.1) is 12.2 Å². The first kappa shape index (κ1) is 13.3. The van der Waals surface area contributed by atoms with Crippen molar-refractivity contribution in [3.05, 3.63) is 42.0 Å². The van der Waals surface area contributed by atoms with Gasteiger partial charge >= 0.3 is 0 Å². The molecule has 0 fully saturated rings. The van der Waals surface area contributed by atoms with E-state index in [2.05, 4.69) is 15.0 Å². The van der Waals surface area contributed by atoms with E-state index in [1.54, 1.807) is 12.4 Å².